The summed E-state index contributed by atoms with van der Waals surface area (Å²) in [7, 11) is 0. The molecule has 11 heavy (non-hydrogen) atoms. The Morgan fingerprint density at radius 3 is 2.27 bits per heavy atom. The average Bonchev–Trinajstić information content (AvgIpc) is 1.97. The van der Waals surface area contributed by atoms with Crippen LogP contribution >= 0.6 is 15.9 Å². The first-order chi connectivity index (χ1) is 5.04. The van der Waals surface area contributed by atoms with Gasteiger partial charge in [0.25, 0.3) is 0 Å². The molecule has 2 heteroatoms. The Morgan fingerprint density at radius 1 is 1.18 bits per heavy atom. The molecule has 0 amide bonds. The van der Waals surface area contributed by atoms with Crippen LogP contribution in [0.2, 0.25) is 0 Å². The minimum Gasteiger partial charge on any atom is -0.205 e. The summed E-state index contributed by atoms with van der Waals surface area (Å²) in [5.41, 5.74) is 2.80. The number of halogens is 2. The van der Waals surface area contributed by atoms with Gasteiger partial charge in [-0.25, -0.2) is 4.39 Å². The Labute approximate surface area is 74.6 Å². The van der Waals surface area contributed by atoms with E-state index in [1.807, 2.05) is 19.9 Å². The van der Waals surface area contributed by atoms with E-state index < -0.39 is 0 Å². The van der Waals surface area contributed by atoms with E-state index in [1.54, 1.807) is 6.92 Å². The fourth-order valence-electron chi connectivity index (χ4n) is 1.01. The van der Waals surface area contributed by atoms with Crippen molar-refractivity contribution >= 4 is 15.9 Å². The smallest absolute Gasteiger partial charge is 0.140 e. The van der Waals surface area contributed by atoms with Crippen molar-refractivity contribution in [2.24, 2.45) is 0 Å². The Bertz CT molecular complexity index is 266. The lowest BCUT2D eigenvalue weighted by Crippen LogP contribution is -1.91. The van der Waals surface area contributed by atoms with Crippen molar-refractivity contribution < 1.29 is 4.39 Å². The Hall–Kier alpha value is -0.370. The zero-order valence-electron chi connectivity index (χ0n) is 6.83. The second-order valence-corrected chi connectivity index (χ2v) is 3.56. The molecule has 0 unspecified atom stereocenters. The predicted molar refractivity (Wildman–Crippen MR) is 48.3 cm³/mol. The van der Waals surface area contributed by atoms with Gasteiger partial charge in [-0.05, 0) is 53.4 Å². The molecule has 0 N–H and O–H groups in total. The third-order valence-corrected chi connectivity index (χ3v) is 2.84. The zero-order valence-corrected chi connectivity index (χ0v) is 8.42. The standard InChI is InChI=1S/C9H10BrF/c1-5-4-6(2)9(11)8(10)7(5)3/h4H,1-3H3. The molecule has 0 atom stereocenters. The molecule has 0 aliphatic rings. The summed E-state index contributed by atoms with van der Waals surface area (Å²) in [5, 5.41) is 0. The van der Waals surface area contributed by atoms with E-state index in [2.05, 4.69) is 15.9 Å². The molecule has 0 bridgehead atoms. The molecule has 0 fully saturated rings. The van der Waals surface area contributed by atoms with Gasteiger partial charge in [-0.2, -0.15) is 0 Å². The van der Waals surface area contributed by atoms with E-state index in [0.717, 1.165) is 11.1 Å². The van der Waals surface area contributed by atoms with Crippen LogP contribution in [0.25, 0.3) is 0 Å². The summed E-state index contributed by atoms with van der Waals surface area (Å²) in [6, 6.07) is 1.86. The Morgan fingerprint density at radius 2 is 1.73 bits per heavy atom. The molecule has 0 saturated heterocycles. The van der Waals surface area contributed by atoms with Gasteiger partial charge in [0.1, 0.15) is 5.82 Å². The van der Waals surface area contributed by atoms with Gasteiger partial charge in [-0.1, -0.05) is 6.07 Å². The van der Waals surface area contributed by atoms with Crippen molar-refractivity contribution in [3.05, 3.63) is 33.0 Å². The van der Waals surface area contributed by atoms with Crippen LogP contribution < -0.4 is 0 Å². The number of hydrogen-bond donors (Lipinski definition) is 0. The quantitative estimate of drug-likeness (QED) is 0.623. The second kappa shape index (κ2) is 2.94. The maximum Gasteiger partial charge on any atom is 0.140 e. The van der Waals surface area contributed by atoms with Crippen molar-refractivity contribution in [3.8, 4) is 0 Å². The SMILES string of the molecule is Cc1cc(C)c(F)c(Br)c1C. The van der Waals surface area contributed by atoms with Crippen LogP contribution in [0.1, 0.15) is 16.7 Å². The van der Waals surface area contributed by atoms with Gasteiger partial charge in [-0.3, -0.25) is 0 Å². The van der Waals surface area contributed by atoms with Gasteiger partial charge in [0.05, 0.1) is 4.47 Å². The molecule has 0 nitrogen and oxygen atoms in total. The van der Waals surface area contributed by atoms with E-state index in [0.29, 0.717) is 10.0 Å². The van der Waals surface area contributed by atoms with E-state index in [1.165, 1.54) is 0 Å². The average molecular weight is 217 g/mol. The van der Waals surface area contributed by atoms with Crippen molar-refractivity contribution in [3.63, 3.8) is 0 Å². The molecule has 0 aromatic heterocycles. The van der Waals surface area contributed by atoms with Gasteiger partial charge in [0.2, 0.25) is 0 Å². The molecule has 60 valence electrons. The molecule has 0 radical (unpaired) electrons. The molecule has 0 aliphatic carbocycles. The second-order valence-electron chi connectivity index (χ2n) is 2.76. The van der Waals surface area contributed by atoms with Crippen molar-refractivity contribution in [2.45, 2.75) is 20.8 Å². The number of benzene rings is 1. The van der Waals surface area contributed by atoms with Crippen LogP contribution in [-0.2, 0) is 0 Å². The maximum atomic E-state index is 13.1. The highest BCUT2D eigenvalue weighted by Gasteiger charge is 2.07. The van der Waals surface area contributed by atoms with E-state index >= 15 is 0 Å². The summed E-state index contributed by atoms with van der Waals surface area (Å²) in [4.78, 5) is 0. The van der Waals surface area contributed by atoms with Crippen LogP contribution in [-0.4, -0.2) is 0 Å². The normalized spacial score (nSPS) is 10.3. The zero-order chi connectivity index (χ0) is 8.59. The molecule has 0 heterocycles. The van der Waals surface area contributed by atoms with Gasteiger partial charge >= 0.3 is 0 Å². The van der Waals surface area contributed by atoms with Crippen molar-refractivity contribution in [1.29, 1.82) is 0 Å². The predicted octanol–water partition coefficient (Wildman–Crippen LogP) is 3.51. The third kappa shape index (κ3) is 1.45. The molecule has 0 saturated carbocycles. The van der Waals surface area contributed by atoms with Gasteiger partial charge in [0, 0.05) is 0 Å². The number of rotatable bonds is 0. The first-order valence-corrected chi connectivity index (χ1v) is 4.25. The lowest BCUT2D eigenvalue weighted by atomic mass is 10.1. The summed E-state index contributed by atoms with van der Waals surface area (Å²) < 4.78 is 13.7. The molecule has 1 aromatic carbocycles. The molecule has 1 aromatic rings. The van der Waals surface area contributed by atoms with E-state index in [4.69, 9.17) is 0 Å². The van der Waals surface area contributed by atoms with Gasteiger partial charge in [0.15, 0.2) is 0 Å². The number of hydrogen-bond acceptors (Lipinski definition) is 0. The summed E-state index contributed by atoms with van der Waals surface area (Å²) >= 11 is 3.21. The lowest BCUT2D eigenvalue weighted by molar-refractivity contribution is 0.609. The molecule has 0 spiro atoms. The Kier molecular flexibility index (Phi) is 2.33. The fraction of sp³-hybridized carbons (Fsp3) is 0.333. The van der Waals surface area contributed by atoms with Crippen LogP contribution in [0.4, 0.5) is 4.39 Å². The Balaban J connectivity index is 3.46. The van der Waals surface area contributed by atoms with Gasteiger partial charge in [-0.15, -0.1) is 0 Å². The minimum atomic E-state index is -0.145. The fourth-order valence-corrected chi connectivity index (χ4v) is 1.63. The highest BCUT2D eigenvalue weighted by Crippen LogP contribution is 2.25. The van der Waals surface area contributed by atoms with Crippen molar-refractivity contribution in [1.82, 2.24) is 0 Å². The van der Waals surface area contributed by atoms with E-state index in [-0.39, 0.29) is 5.82 Å². The maximum absolute atomic E-state index is 13.1. The summed E-state index contributed by atoms with van der Waals surface area (Å²) in [6.07, 6.45) is 0. The highest BCUT2D eigenvalue weighted by atomic mass is 79.9. The molecular formula is C9H10BrF. The summed E-state index contributed by atoms with van der Waals surface area (Å²) in [5.74, 6) is -0.145. The largest absolute Gasteiger partial charge is 0.205 e. The highest BCUT2D eigenvalue weighted by molar-refractivity contribution is 9.10. The number of aryl methyl sites for hydroxylation is 2. The van der Waals surface area contributed by atoms with Crippen molar-refractivity contribution in [2.75, 3.05) is 0 Å². The first kappa shape index (κ1) is 8.72. The topological polar surface area (TPSA) is 0 Å². The van der Waals surface area contributed by atoms with Crippen LogP contribution in [0, 0.1) is 26.6 Å². The van der Waals surface area contributed by atoms with E-state index in [9.17, 15) is 4.39 Å². The van der Waals surface area contributed by atoms with Crippen LogP contribution in [0.5, 0.6) is 0 Å². The third-order valence-electron chi connectivity index (χ3n) is 1.89. The van der Waals surface area contributed by atoms with Crippen LogP contribution in [0.15, 0.2) is 10.5 Å². The molecule has 1 rings (SSSR count). The van der Waals surface area contributed by atoms with Crippen LogP contribution in [0.3, 0.4) is 0 Å². The molecular weight excluding hydrogens is 207 g/mol. The first-order valence-electron chi connectivity index (χ1n) is 3.46. The summed E-state index contributed by atoms with van der Waals surface area (Å²) in [6.45, 7) is 5.65. The molecule has 0 aliphatic heterocycles. The minimum absolute atomic E-state index is 0.145. The van der Waals surface area contributed by atoms with Gasteiger partial charge < -0.3 is 0 Å². The lowest BCUT2D eigenvalue weighted by Gasteiger charge is -2.06. The monoisotopic (exact) mass is 216 g/mol.